The lowest BCUT2D eigenvalue weighted by Gasteiger charge is -2.26. The van der Waals surface area contributed by atoms with Crippen molar-refractivity contribution >= 4 is 40.2 Å². The van der Waals surface area contributed by atoms with Gasteiger partial charge >= 0.3 is 18.0 Å². The van der Waals surface area contributed by atoms with E-state index in [0.717, 1.165) is 0 Å². The predicted octanol–water partition coefficient (Wildman–Crippen LogP) is 4.28. The summed E-state index contributed by atoms with van der Waals surface area (Å²) >= 11 is 5.64. The summed E-state index contributed by atoms with van der Waals surface area (Å²) in [6.07, 6.45) is -8.77. The molecule has 0 atom stereocenters. The van der Waals surface area contributed by atoms with Crippen LogP contribution in [-0.2, 0) is 4.79 Å². The molecule has 0 amide bonds. The van der Waals surface area contributed by atoms with Crippen molar-refractivity contribution in [3.8, 4) is 0 Å². The third-order valence-electron chi connectivity index (χ3n) is 2.58. The molecule has 14 heteroatoms. The topological polar surface area (TPSA) is 77.3 Å². The highest BCUT2D eigenvalue weighted by Gasteiger charge is 2.75. The van der Waals surface area contributed by atoms with Crippen LogP contribution >= 0.6 is 22.9 Å². The molecule has 0 N–H and O–H groups in total. The molecule has 1 rings (SSSR count). The van der Waals surface area contributed by atoms with Gasteiger partial charge in [-0.2, -0.15) is 30.7 Å². The Balaban J connectivity index is 3.07. The van der Waals surface area contributed by atoms with Crippen LogP contribution in [0.1, 0.15) is 16.1 Å². The average Bonchev–Trinajstić information content (AvgIpc) is 2.78. The van der Waals surface area contributed by atoms with E-state index in [2.05, 4.69) is 0 Å². The fraction of sp³-hybridized carbons (Fsp3) is 0.400. The van der Waals surface area contributed by atoms with Crippen molar-refractivity contribution in [2.24, 2.45) is 0 Å². The molecule has 0 aliphatic rings. The second-order valence-corrected chi connectivity index (χ2v) is 5.45. The first-order valence-electron chi connectivity index (χ1n) is 5.44. The zero-order chi connectivity index (χ0) is 19.1. The molecular weight excluding hydrogens is 399 g/mol. The van der Waals surface area contributed by atoms with Crippen LogP contribution in [0, 0.1) is 10.1 Å². The minimum atomic E-state index is -6.73. The normalized spacial score (nSPS) is 13.0. The van der Waals surface area contributed by atoms with Crippen molar-refractivity contribution in [3.63, 3.8) is 0 Å². The minimum Gasteiger partial charge on any atom is -0.293 e. The average molecular weight is 402 g/mol. The lowest BCUT2D eigenvalue weighted by atomic mass is 10.0. The number of nitrogens with zero attached hydrogens (tertiary/aromatic N) is 1. The van der Waals surface area contributed by atoms with E-state index in [-0.39, 0.29) is 11.3 Å². The SMILES string of the molecule is O=C(CC(=O)C(F)(F)C(F)(F)C(F)(F)F)c1scc([N+](=O)[O-])c1Cl. The molecular formula is C10H3ClF7NO4S. The summed E-state index contributed by atoms with van der Waals surface area (Å²) in [6, 6.07) is 0. The fourth-order valence-corrected chi connectivity index (χ4v) is 2.61. The van der Waals surface area contributed by atoms with Gasteiger partial charge in [-0.1, -0.05) is 11.6 Å². The molecule has 0 aromatic carbocycles. The predicted molar refractivity (Wildman–Crippen MR) is 65.9 cm³/mol. The van der Waals surface area contributed by atoms with E-state index < -0.39 is 56.5 Å². The van der Waals surface area contributed by atoms with Crippen LogP contribution in [0.5, 0.6) is 0 Å². The minimum absolute atomic E-state index is 0.248. The Morgan fingerprint density at radius 2 is 1.67 bits per heavy atom. The summed E-state index contributed by atoms with van der Waals surface area (Å²) in [5.74, 6) is -17.5. The van der Waals surface area contributed by atoms with Crippen LogP contribution in [0.25, 0.3) is 0 Å². The molecule has 134 valence electrons. The van der Waals surface area contributed by atoms with Crippen LogP contribution in [-0.4, -0.2) is 34.5 Å². The van der Waals surface area contributed by atoms with E-state index in [4.69, 9.17) is 11.6 Å². The number of hydrogen-bond donors (Lipinski definition) is 0. The van der Waals surface area contributed by atoms with Gasteiger partial charge < -0.3 is 0 Å². The number of thiophene rings is 1. The maximum atomic E-state index is 13.1. The molecule has 0 spiro atoms. The van der Waals surface area contributed by atoms with Crippen LogP contribution in [0.4, 0.5) is 36.4 Å². The molecule has 0 aliphatic heterocycles. The maximum absolute atomic E-state index is 13.1. The first-order valence-corrected chi connectivity index (χ1v) is 6.70. The second kappa shape index (κ2) is 6.27. The van der Waals surface area contributed by atoms with Crippen LogP contribution in [0.2, 0.25) is 5.02 Å². The van der Waals surface area contributed by atoms with Gasteiger partial charge in [0.15, 0.2) is 5.78 Å². The summed E-state index contributed by atoms with van der Waals surface area (Å²) in [7, 11) is 0. The standard InChI is InChI=1S/C10H3ClF7NO4S/c11-6-3(19(22)23)2-24-7(6)4(20)1-5(21)8(12,13)9(14,15)10(16,17)18/h2H,1H2. The van der Waals surface area contributed by atoms with Gasteiger partial charge in [-0.05, 0) is 0 Å². The van der Waals surface area contributed by atoms with Gasteiger partial charge in [-0.25, -0.2) is 0 Å². The van der Waals surface area contributed by atoms with Crippen molar-refractivity contribution in [2.45, 2.75) is 24.4 Å². The number of alkyl halides is 7. The van der Waals surface area contributed by atoms with Crippen LogP contribution in [0.15, 0.2) is 5.38 Å². The fourth-order valence-electron chi connectivity index (χ4n) is 1.34. The number of nitro groups is 1. The Kier molecular flexibility index (Phi) is 5.30. The molecule has 24 heavy (non-hydrogen) atoms. The molecule has 0 unspecified atom stereocenters. The zero-order valence-corrected chi connectivity index (χ0v) is 12.4. The van der Waals surface area contributed by atoms with Gasteiger partial charge in [0.1, 0.15) is 5.02 Å². The second-order valence-electron chi connectivity index (χ2n) is 4.19. The first-order chi connectivity index (χ1) is 10.6. The number of hydrogen-bond acceptors (Lipinski definition) is 5. The summed E-state index contributed by atoms with van der Waals surface area (Å²) in [4.78, 5) is 31.3. The Morgan fingerprint density at radius 3 is 2.04 bits per heavy atom. The Morgan fingerprint density at radius 1 is 1.17 bits per heavy atom. The van der Waals surface area contributed by atoms with E-state index >= 15 is 0 Å². The summed E-state index contributed by atoms with van der Waals surface area (Å²) in [5, 5.41) is 10.4. The molecule has 0 saturated heterocycles. The van der Waals surface area contributed by atoms with Gasteiger partial charge in [0, 0.05) is 0 Å². The smallest absolute Gasteiger partial charge is 0.293 e. The highest BCUT2D eigenvalue weighted by molar-refractivity contribution is 7.13. The molecule has 1 aromatic rings. The van der Waals surface area contributed by atoms with E-state index in [1.807, 2.05) is 0 Å². The van der Waals surface area contributed by atoms with Gasteiger partial charge in [-0.3, -0.25) is 19.7 Å². The van der Waals surface area contributed by atoms with Gasteiger partial charge in [0.25, 0.3) is 5.69 Å². The van der Waals surface area contributed by atoms with E-state index in [1.54, 1.807) is 0 Å². The van der Waals surface area contributed by atoms with E-state index in [1.165, 1.54) is 0 Å². The van der Waals surface area contributed by atoms with Crippen molar-refractivity contribution in [3.05, 3.63) is 25.4 Å². The third-order valence-corrected chi connectivity index (χ3v) is 4.09. The molecule has 0 fully saturated rings. The lowest BCUT2D eigenvalue weighted by Crippen LogP contribution is -2.56. The first kappa shape index (κ1) is 20.3. The van der Waals surface area contributed by atoms with Crippen molar-refractivity contribution in [2.75, 3.05) is 0 Å². The molecule has 0 aliphatic carbocycles. The van der Waals surface area contributed by atoms with Crippen LogP contribution < -0.4 is 0 Å². The van der Waals surface area contributed by atoms with Crippen LogP contribution in [0.3, 0.4) is 0 Å². The maximum Gasteiger partial charge on any atom is 0.460 e. The van der Waals surface area contributed by atoms with Gasteiger partial charge in [-0.15, -0.1) is 11.3 Å². The number of carbonyl (C=O) groups is 2. The summed E-state index contributed by atoms with van der Waals surface area (Å²) in [6.45, 7) is 0. The number of ketones is 2. The number of carbonyl (C=O) groups excluding carboxylic acids is 2. The van der Waals surface area contributed by atoms with Gasteiger partial charge in [0.2, 0.25) is 5.78 Å². The molecule has 0 bridgehead atoms. The van der Waals surface area contributed by atoms with Gasteiger partial charge in [0.05, 0.1) is 21.6 Å². The van der Waals surface area contributed by atoms with Crippen molar-refractivity contribution in [1.82, 2.24) is 0 Å². The Labute approximate surface area is 136 Å². The zero-order valence-electron chi connectivity index (χ0n) is 10.8. The quantitative estimate of drug-likeness (QED) is 0.234. The summed E-state index contributed by atoms with van der Waals surface area (Å²) < 4.78 is 87.4. The largest absolute Gasteiger partial charge is 0.460 e. The highest BCUT2D eigenvalue weighted by atomic mass is 35.5. The highest BCUT2D eigenvalue weighted by Crippen LogP contribution is 2.47. The Hall–Kier alpha value is -1.76. The monoisotopic (exact) mass is 401 g/mol. The molecule has 5 nitrogen and oxygen atoms in total. The molecule has 0 saturated carbocycles. The third kappa shape index (κ3) is 3.36. The lowest BCUT2D eigenvalue weighted by molar-refractivity contribution is -0.384. The number of Topliss-reactive ketones (excluding diaryl/α,β-unsaturated/α-hetero) is 2. The Bertz CT molecular complexity index is 700. The number of rotatable bonds is 6. The van der Waals surface area contributed by atoms with Crippen molar-refractivity contribution < 1.29 is 45.2 Å². The van der Waals surface area contributed by atoms with E-state index in [9.17, 15) is 50.4 Å². The molecule has 1 heterocycles. The molecule has 0 radical (unpaired) electrons. The van der Waals surface area contributed by atoms with Crippen molar-refractivity contribution in [1.29, 1.82) is 0 Å². The number of halogens is 8. The van der Waals surface area contributed by atoms with E-state index in [0.29, 0.717) is 5.38 Å². The summed E-state index contributed by atoms with van der Waals surface area (Å²) in [5.41, 5.74) is -0.815. The molecule has 1 aromatic heterocycles.